The molecule has 20 heavy (non-hydrogen) atoms. The number of hydrogen-bond donors (Lipinski definition) is 2. The van der Waals surface area contributed by atoms with E-state index in [-0.39, 0.29) is 0 Å². The van der Waals surface area contributed by atoms with Gasteiger partial charge in [-0.15, -0.1) is 0 Å². The third-order valence-electron chi connectivity index (χ3n) is 2.42. The van der Waals surface area contributed by atoms with Crippen molar-refractivity contribution >= 4 is 23.8 Å². The fourth-order valence-corrected chi connectivity index (χ4v) is 1.54. The molecule has 0 bridgehead atoms. The maximum absolute atomic E-state index is 11.7. The number of aliphatic carboxylic acids is 1. The highest BCUT2D eigenvalue weighted by Gasteiger charge is 2.16. The molecule has 0 heterocycles. The van der Waals surface area contributed by atoms with Gasteiger partial charge in [0.1, 0.15) is 5.60 Å². The number of hydrogen-bond acceptors (Lipinski definition) is 3. The number of amides is 1. The molecule has 0 unspecified atom stereocenters. The van der Waals surface area contributed by atoms with Crippen molar-refractivity contribution in [3.63, 3.8) is 0 Å². The summed E-state index contributed by atoms with van der Waals surface area (Å²) in [5.74, 6) is -1.02. The molecule has 0 aliphatic carbocycles. The second kappa shape index (κ2) is 6.23. The van der Waals surface area contributed by atoms with E-state index in [1.807, 2.05) is 0 Å². The number of carboxylic acid groups (broad SMARTS) is 1. The summed E-state index contributed by atoms with van der Waals surface area (Å²) >= 11 is 0. The van der Waals surface area contributed by atoms with E-state index in [1.54, 1.807) is 45.9 Å². The minimum Gasteiger partial charge on any atom is -0.478 e. The summed E-state index contributed by atoms with van der Waals surface area (Å²) in [5.41, 5.74) is 1.52. The van der Waals surface area contributed by atoms with E-state index in [0.717, 1.165) is 17.2 Å². The first-order chi connectivity index (χ1) is 9.19. The average molecular weight is 277 g/mol. The molecule has 0 spiro atoms. The highest BCUT2D eigenvalue weighted by molar-refractivity contribution is 5.89. The van der Waals surface area contributed by atoms with Gasteiger partial charge >= 0.3 is 12.1 Å². The Morgan fingerprint density at radius 3 is 2.50 bits per heavy atom. The zero-order chi connectivity index (χ0) is 15.3. The normalized spacial score (nSPS) is 11.4. The molecule has 1 rings (SSSR count). The number of carboxylic acids is 1. The molecule has 108 valence electrons. The van der Waals surface area contributed by atoms with Crippen LogP contribution in [0.1, 0.15) is 31.9 Å². The molecule has 1 amide bonds. The van der Waals surface area contributed by atoms with E-state index in [0.29, 0.717) is 5.69 Å². The Bertz CT molecular complexity index is 541. The van der Waals surface area contributed by atoms with Crippen LogP contribution in [0.25, 0.3) is 6.08 Å². The molecule has 0 aliphatic rings. The molecule has 0 saturated heterocycles. The zero-order valence-corrected chi connectivity index (χ0v) is 12.1. The fourth-order valence-electron chi connectivity index (χ4n) is 1.54. The van der Waals surface area contributed by atoms with Crippen LogP contribution in [0.3, 0.4) is 0 Å². The van der Waals surface area contributed by atoms with Crippen molar-refractivity contribution < 1.29 is 19.4 Å². The van der Waals surface area contributed by atoms with E-state index >= 15 is 0 Å². The largest absolute Gasteiger partial charge is 0.478 e. The van der Waals surface area contributed by atoms with E-state index in [1.165, 1.54) is 6.08 Å². The molecule has 0 atom stereocenters. The summed E-state index contributed by atoms with van der Waals surface area (Å²) < 4.78 is 5.17. The molecule has 0 aliphatic heterocycles. The molecule has 0 radical (unpaired) electrons. The number of anilines is 1. The summed E-state index contributed by atoms with van der Waals surface area (Å²) in [5, 5.41) is 11.3. The Morgan fingerprint density at radius 1 is 1.30 bits per heavy atom. The van der Waals surface area contributed by atoms with E-state index in [2.05, 4.69) is 5.32 Å². The molecule has 0 aromatic heterocycles. The van der Waals surface area contributed by atoms with Crippen molar-refractivity contribution in [2.24, 2.45) is 0 Å². The lowest BCUT2D eigenvalue weighted by Gasteiger charge is -2.20. The van der Waals surface area contributed by atoms with Gasteiger partial charge in [-0.2, -0.15) is 0 Å². The Kier molecular flexibility index (Phi) is 4.91. The van der Waals surface area contributed by atoms with Crippen molar-refractivity contribution in [1.29, 1.82) is 0 Å². The number of ether oxygens (including phenoxy) is 1. The number of benzene rings is 1. The Hall–Kier alpha value is -2.30. The number of carbonyl (C=O) groups is 2. The first-order valence-electron chi connectivity index (χ1n) is 6.19. The van der Waals surface area contributed by atoms with Gasteiger partial charge in [0.2, 0.25) is 0 Å². The van der Waals surface area contributed by atoms with Crippen LogP contribution in [0.15, 0.2) is 24.3 Å². The maximum Gasteiger partial charge on any atom is 0.412 e. The Morgan fingerprint density at radius 2 is 1.95 bits per heavy atom. The predicted octanol–water partition coefficient (Wildman–Crippen LogP) is 3.44. The van der Waals surface area contributed by atoms with Gasteiger partial charge in [0.25, 0.3) is 0 Å². The predicted molar refractivity (Wildman–Crippen MR) is 77.7 cm³/mol. The molecule has 5 heteroatoms. The standard InChI is InChI=1S/C15H19NO4/c1-10-11(8-9-13(17)18)6-5-7-12(10)16-14(19)20-15(2,3)4/h5-9H,1-4H3,(H,16,19)(H,17,18)/b9-8+. The summed E-state index contributed by atoms with van der Waals surface area (Å²) in [6, 6.07) is 5.24. The van der Waals surface area contributed by atoms with Crippen molar-refractivity contribution in [2.45, 2.75) is 33.3 Å². The molecular weight excluding hydrogens is 258 g/mol. The van der Waals surface area contributed by atoms with Gasteiger partial charge < -0.3 is 9.84 Å². The van der Waals surface area contributed by atoms with Gasteiger partial charge in [-0.1, -0.05) is 12.1 Å². The first-order valence-corrected chi connectivity index (χ1v) is 6.19. The number of carbonyl (C=O) groups excluding carboxylic acids is 1. The molecule has 1 aromatic rings. The van der Waals surface area contributed by atoms with Crippen LogP contribution in [-0.4, -0.2) is 22.8 Å². The van der Waals surface area contributed by atoms with Gasteiger partial charge in [0.05, 0.1) is 0 Å². The van der Waals surface area contributed by atoms with Crippen LogP contribution in [0.2, 0.25) is 0 Å². The molecule has 0 fully saturated rings. The molecule has 5 nitrogen and oxygen atoms in total. The smallest absolute Gasteiger partial charge is 0.412 e. The Labute approximate surface area is 118 Å². The van der Waals surface area contributed by atoms with Crippen LogP contribution in [0, 0.1) is 6.92 Å². The topological polar surface area (TPSA) is 75.6 Å². The third-order valence-corrected chi connectivity index (χ3v) is 2.42. The molecular formula is C15H19NO4. The minimum absolute atomic E-state index is 0.542. The van der Waals surface area contributed by atoms with Gasteiger partial charge in [-0.3, -0.25) is 5.32 Å². The van der Waals surface area contributed by atoms with E-state index in [4.69, 9.17) is 9.84 Å². The van der Waals surface area contributed by atoms with E-state index in [9.17, 15) is 9.59 Å². The highest BCUT2D eigenvalue weighted by atomic mass is 16.6. The Balaban J connectivity index is 2.89. The first kappa shape index (κ1) is 15.8. The number of nitrogens with one attached hydrogen (secondary N) is 1. The van der Waals surface area contributed by atoms with Crippen molar-refractivity contribution in [3.05, 3.63) is 35.4 Å². The fraction of sp³-hybridized carbons (Fsp3) is 0.333. The van der Waals surface area contributed by atoms with Crippen LogP contribution < -0.4 is 5.32 Å². The summed E-state index contributed by atoms with van der Waals surface area (Å²) in [6.45, 7) is 7.15. The highest BCUT2D eigenvalue weighted by Crippen LogP contribution is 2.21. The lowest BCUT2D eigenvalue weighted by molar-refractivity contribution is -0.131. The third kappa shape index (κ3) is 5.14. The van der Waals surface area contributed by atoms with E-state index < -0.39 is 17.7 Å². The monoisotopic (exact) mass is 277 g/mol. The zero-order valence-electron chi connectivity index (χ0n) is 12.1. The number of rotatable bonds is 3. The van der Waals surface area contributed by atoms with Crippen molar-refractivity contribution in [1.82, 2.24) is 0 Å². The van der Waals surface area contributed by atoms with Crippen LogP contribution in [-0.2, 0) is 9.53 Å². The van der Waals surface area contributed by atoms with Gasteiger partial charge in [0.15, 0.2) is 0 Å². The maximum atomic E-state index is 11.7. The van der Waals surface area contributed by atoms with Crippen LogP contribution in [0.4, 0.5) is 10.5 Å². The van der Waals surface area contributed by atoms with Gasteiger partial charge in [-0.25, -0.2) is 9.59 Å². The SMILES string of the molecule is Cc1c(/C=C/C(=O)O)cccc1NC(=O)OC(C)(C)C. The summed E-state index contributed by atoms with van der Waals surface area (Å²) in [7, 11) is 0. The quantitative estimate of drug-likeness (QED) is 0.830. The second-order valence-electron chi connectivity index (χ2n) is 5.32. The lowest BCUT2D eigenvalue weighted by Crippen LogP contribution is -2.27. The van der Waals surface area contributed by atoms with Crippen molar-refractivity contribution in [2.75, 3.05) is 5.32 Å². The van der Waals surface area contributed by atoms with Gasteiger partial charge in [-0.05, 0) is 51.0 Å². The lowest BCUT2D eigenvalue weighted by atomic mass is 10.1. The summed E-state index contributed by atoms with van der Waals surface area (Å²) in [6.07, 6.45) is 2.00. The second-order valence-corrected chi connectivity index (χ2v) is 5.32. The summed E-state index contributed by atoms with van der Waals surface area (Å²) in [4.78, 5) is 22.2. The van der Waals surface area contributed by atoms with Crippen molar-refractivity contribution in [3.8, 4) is 0 Å². The van der Waals surface area contributed by atoms with Gasteiger partial charge in [0, 0.05) is 11.8 Å². The molecule has 2 N–H and O–H groups in total. The van der Waals surface area contributed by atoms with Crippen LogP contribution in [0.5, 0.6) is 0 Å². The van der Waals surface area contributed by atoms with Crippen LogP contribution >= 0.6 is 0 Å². The molecule has 0 saturated carbocycles. The minimum atomic E-state index is -1.02. The molecule has 1 aromatic carbocycles. The average Bonchev–Trinajstić information content (AvgIpc) is 2.27.